The van der Waals surface area contributed by atoms with Crippen LogP contribution in [0.1, 0.15) is 11.4 Å². The molecule has 0 saturated heterocycles. The topological polar surface area (TPSA) is 47.1 Å². The summed E-state index contributed by atoms with van der Waals surface area (Å²) in [6, 6.07) is 8.10. The molecular weight excluding hydrogens is 316 g/mol. The van der Waals surface area contributed by atoms with Crippen molar-refractivity contribution in [1.82, 2.24) is 9.97 Å². The highest BCUT2D eigenvalue weighted by molar-refractivity contribution is 9.10. The Bertz CT molecular complexity index is 516. The number of aromatic amines is 1. The Hall–Kier alpha value is -0.820. The molecule has 0 unspecified atom stereocenters. The fourth-order valence-electron chi connectivity index (χ4n) is 1.81. The van der Waals surface area contributed by atoms with Crippen molar-refractivity contribution < 1.29 is 9.22 Å². The summed E-state index contributed by atoms with van der Waals surface area (Å²) >= 11 is 4.71. The molecule has 2 heterocycles. The van der Waals surface area contributed by atoms with Gasteiger partial charge in [0.1, 0.15) is 5.82 Å². The van der Waals surface area contributed by atoms with E-state index in [9.17, 15) is 0 Å². The predicted molar refractivity (Wildman–Crippen MR) is 73.8 cm³/mol. The summed E-state index contributed by atoms with van der Waals surface area (Å²) in [6.45, 7) is 0.532. The van der Waals surface area contributed by atoms with E-state index >= 15 is 0 Å². The van der Waals surface area contributed by atoms with Crippen LogP contribution in [0.4, 0.5) is 0 Å². The van der Waals surface area contributed by atoms with E-state index in [1.807, 2.05) is 24.3 Å². The van der Waals surface area contributed by atoms with Crippen LogP contribution in [0.2, 0.25) is 0 Å². The number of benzene rings is 1. The summed E-state index contributed by atoms with van der Waals surface area (Å²) in [6.07, 6.45) is 0.767. The summed E-state index contributed by atoms with van der Waals surface area (Å²) in [5, 5.41) is 0. The van der Waals surface area contributed by atoms with Crippen molar-refractivity contribution in [1.29, 1.82) is 0 Å². The molecule has 6 heteroatoms. The van der Waals surface area contributed by atoms with Gasteiger partial charge >= 0.3 is 0 Å². The van der Waals surface area contributed by atoms with E-state index in [-0.39, 0.29) is 0 Å². The number of imidazole rings is 1. The molecule has 0 fully saturated rings. The van der Waals surface area contributed by atoms with Gasteiger partial charge in [0, 0.05) is 28.5 Å². The first-order valence-electron chi connectivity index (χ1n) is 5.58. The lowest BCUT2D eigenvalue weighted by atomic mass is 10.2. The minimum Gasteiger partial charge on any atom is -0.341 e. The maximum absolute atomic E-state index is 4.96. The van der Waals surface area contributed by atoms with E-state index in [2.05, 4.69) is 25.9 Å². The van der Waals surface area contributed by atoms with Gasteiger partial charge in [-0.1, -0.05) is 28.1 Å². The summed E-state index contributed by atoms with van der Waals surface area (Å²) in [5.74, 6) is 1.62. The monoisotopic (exact) mass is 326 g/mol. The summed E-state index contributed by atoms with van der Waals surface area (Å²) in [5.41, 5.74) is 3.25. The second-order valence-electron chi connectivity index (χ2n) is 3.92. The minimum atomic E-state index is 0.532. The van der Waals surface area contributed by atoms with Gasteiger partial charge in [-0.3, -0.25) is 0 Å². The van der Waals surface area contributed by atoms with Gasteiger partial charge in [-0.05, 0) is 12.1 Å². The first kappa shape index (κ1) is 12.2. The van der Waals surface area contributed by atoms with Gasteiger partial charge in [-0.2, -0.15) is 4.33 Å². The fraction of sp³-hybridized carbons (Fsp3) is 0.250. The zero-order valence-electron chi connectivity index (χ0n) is 9.48. The Morgan fingerprint density at radius 3 is 2.94 bits per heavy atom. The number of nitrogens with one attached hydrogen (secondary N) is 1. The molecule has 1 aliphatic heterocycles. The van der Waals surface area contributed by atoms with E-state index in [0.717, 1.165) is 39.4 Å². The molecule has 0 radical (unpaired) electrons. The minimum absolute atomic E-state index is 0.532. The number of H-pyrrole nitrogens is 1. The summed E-state index contributed by atoms with van der Waals surface area (Å²) < 4.78 is 5.99. The van der Waals surface area contributed by atoms with Gasteiger partial charge in [0.2, 0.25) is 0 Å². The van der Waals surface area contributed by atoms with Gasteiger partial charge in [0.05, 0.1) is 23.7 Å². The molecule has 1 aromatic heterocycles. The maximum Gasteiger partial charge on any atom is 0.137 e. The Balaban J connectivity index is 1.93. The highest BCUT2D eigenvalue weighted by Gasteiger charge is 2.14. The Morgan fingerprint density at radius 2 is 2.11 bits per heavy atom. The third kappa shape index (κ3) is 2.61. The molecule has 18 heavy (non-hydrogen) atoms. The molecule has 3 rings (SSSR count). The lowest BCUT2D eigenvalue weighted by molar-refractivity contribution is -0.190. The van der Waals surface area contributed by atoms with E-state index in [0.29, 0.717) is 6.61 Å². The van der Waals surface area contributed by atoms with Crippen LogP contribution < -0.4 is 0 Å². The lowest BCUT2D eigenvalue weighted by Gasteiger charge is -2.06. The first-order chi connectivity index (χ1) is 8.83. The first-order valence-corrected chi connectivity index (χ1v) is 7.28. The molecule has 0 spiro atoms. The molecule has 0 saturated carbocycles. The van der Waals surface area contributed by atoms with Crippen LogP contribution >= 0.6 is 28.0 Å². The molecule has 1 aliphatic rings. The van der Waals surface area contributed by atoms with Crippen LogP contribution in [0.15, 0.2) is 28.7 Å². The number of hydrogen-bond donors (Lipinski definition) is 1. The number of hydrogen-bond acceptors (Lipinski definition) is 4. The zero-order valence-corrected chi connectivity index (χ0v) is 11.9. The van der Waals surface area contributed by atoms with Crippen molar-refractivity contribution in [2.24, 2.45) is 0 Å². The average molecular weight is 327 g/mol. The molecule has 1 N–H and O–H groups in total. The number of halogens is 1. The van der Waals surface area contributed by atoms with E-state index in [4.69, 9.17) is 9.22 Å². The number of aromatic nitrogens is 2. The Kier molecular flexibility index (Phi) is 3.69. The van der Waals surface area contributed by atoms with Crippen LogP contribution in [0.3, 0.4) is 0 Å². The second-order valence-corrected chi connectivity index (χ2v) is 5.50. The molecule has 0 bridgehead atoms. The molecule has 0 aliphatic carbocycles. The summed E-state index contributed by atoms with van der Waals surface area (Å²) in [7, 11) is 0. The average Bonchev–Trinajstić information content (AvgIpc) is 2.73. The fourth-order valence-corrected chi connectivity index (χ4v) is 2.61. The Labute approximate surface area is 117 Å². The molecule has 1 aromatic carbocycles. The quantitative estimate of drug-likeness (QED) is 0.643. The molecule has 0 amide bonds. The third-order valence-electron chi connectivity index (χ3n) is 2.70. The maximum atomic E-state index is 4.96. The van der Waals surface area contributed by atoms with Crippen molar-refractivity contribution in [3.8, 4) is 11.4 Å². The van der Waals surface area contributed by atoms with Crippen LogP contribution in [-0.2, 0) is 21.4 Å². The predicted octanol–water partition coefficient (Wildman–Crippen LogP) is 3.49. The molecular formula is C12H11BrN2O2S. The number of nitrogens with zero attached hydrogens (tertiary/aromatic N) is 1. The van der Waals surface area contributed by atoms with Crippen molar-refractivity contribution in [3.63, 3.8) is 0 Å². The standard InChI is InChI=1S/C12H11BrN2O2S/c13-9-3-1-8(2-4-9)12-14-10-5-6-16-17-18-7-11(10)15-12/h1-4H,5-7H2,(H,14,15). The SMILES string of the molecule is Brc1ccc(-c2nc3c([nH]2)CSOOCC3)cc1. The van der Waals surface area contributed by atoms with Crippen molar-refractivity contribution in [2.75, 3.05) is 6.61 Å². The van der Waals surface area contributed by atoms with Crippen LogP contribution in [0.5, 0.6) is 0 Å². The summed E-state index contributed by atoms with van der Waals surface area (Å²) in [4.78, 5) is 13.0. The van der Waals surface area contributed by atoms with Crippen LogP contribution in [-0.4, -0.2) is 16.6 Å². The largest absolute Gasteiger partial charge is 0.341 e. The van der Waals surface area contributed by atoms with Crippen molar-refractivity contribution in [2.45, 2.75) is 12.2 Å². The Morgan fingerprint density at radius 1 is 1.28 bits per heavy atom. The van der Waals surface area contributed by atoms with E-state index in [1.54, 1.807) is 0 Å². The third-order valence-corrected chi connectivity index (χ3v) is 3.83. The van der Waals surface area contributed by atoms with Gasteiger partial charge in [-0.25, -0.2) is 9.87 Å². The second kappa shape index (κ2) is 5.44. The molecule has 4 nitrogen and oxygen atoms in total. The highest BCUT2D eigenvalue weighted by Crippen LogP contribution is 2.25. The molecule has 2 aromatic rings. The zero-order chi connectivity index (χ0) is 12.4. The number of rotatable bonds is 1. The van der Waals surface area contributed by atoms with Gasteiger partial charge in [-0.15, -0.1) is 0 Å². The van der Waals surface area contributed by atoms with Gasteiger partial charge in [0.15, 0.2) is 0 Å². The molecule has 94 valence electrons. The normalized spacial score (nSPS) is 15.8. The smallest absolute Gasteiger partial charge is 0.137 e. The molecule has 0 atom stereocenters. The van der Waals surface area contributed by atoms with Crippen molar-refractivity contribution >= 4 is 28.0 Å². The highest BCUT2D eigenvalue weighted by atomic mass is 79.9. The van der Waals surface area contributed by atoms with Crippen molar-refractivity contribution in [3.05, 3.63) is 40.1 Å². The lowest BCUT2D eigenvalue weighted by Crippen LogP contribution is -2.03. The van der Waals surface area contributed by atoms with Crippen LogP contribution in [0, 0.1) is 0 Å². The number of fused-ring (bicyclic) bond motifs is 1. The van der Waals surface area contributed by atoms with E-state index < -0.39 is 0 Å². The van der Waals surface area contributed by atoms with Crippen LogP contribution in [0.25, 0.3) is 11.4 Å². The van der Waals surface area contributed by atoms with Gasteiger partial charge in [0.25, 0.3) is 0 Å². The van der Waals surface area contributed by atoms with Gasteiger partial charge < -0.3 is 4.98 Å². The van der Waals surface area contributed by atoms with E-state index in [1.165, 1.54) is 12.0 Å².